The topological polar surface area (TPSA) is 64.6 Å². The molecule has 1 aromatic heterocycles. The number of thiophene rings is 1. The monoisotopic (exact) mass is 483 g/mol. The molecule has 5 nitrogen and oxygen atoms in total. The van der Waals surface area contributed by atoms with Crippen molar-refractivity contribution in [2.75, 3.05) is 19.0 Å². The first-order valence-corrected chi connectivity index (χ1v) is 12.1. The fraction of sp³-hybridized carbons (Fsp3) is 0.308. The number of esters is 1. The van der Waals surface area contributed by atoms with Gasteiger partial charge in [-0.15, -0.1) is 11.3 Å². The molecule has 7 heteroatoms. The Hall–Kier alpha value is -2.83. The fourth-order valence-electron chi connectivity index (χ4n) is 3.97. The van der Waals surface area contributed by atoms with Gasteiger partial charge in [-0.3, -0.25) is 4.79 Å². The number of rotatable bonds is 8. The molecular formula is C26H26ClNO4S. The summed E-state index contributed by atoms with van der Waals surface area (Å²) in [5.74, 6) is 0.268. The smallest absolute Gasteiger partial charge is 0.341 e. The van der Waals surface area contributed by atoms with E-state index < -0.39 is 5.97 Å². The van der Waals surface area contributed by atoms with E-state index in [2.05, 4.69) is 5.32 Å². The quantitative estimate of drug-likeness (QED) is 0.362. The van der Waals surface area contributed by atoms with Gasteiger partial charge in [-0.2, -0.15) is 0 Å². The predicted molar refractivity (Wildman–Crippen MR) is 133 cm³/mol. The Labute approximate surface area is 202 Å². The molecule has 0 unspecified atom stereocenters. The average molecular weight is 484 g/mol. The van der Waals surface area contributed by atoms with Crippen molar-refractivity contribution >= 4 is 39.8 Å². The van der Waals surface area contributed by atoms with Crippen LogP contribution in [-0.2, 0) is 9.53 Å². The van der Waals surface area contributed by atoms with E-state index in [0.717, 1.165) is 40.2 Å². The van der Waals surface area contributed by atoms with E-state index >= 15 is 0 Å². The van der Waals surface area contributed by atoms with E-state index in [0.29, 0.717) is 22.2 Å². The Kier molecular flexibility index (Phi) is 7.05. The molecule has 172 valence electrons. The predicted octanol–water partition coefficient (Wildman–Crippen LogP) is 6.69. The molecular weight excluding hydrogens is 458 g/mol. The van der Waals surface area contributed by atoms with Crippen molar-refractivity contribution in [3.05, 3.63) is 69.6 Å². The highest BCUT2D eigenvalue weighted by molar-refractivity contribution is 7.17. The zero-order chi connectivity index (χ0) is 23.5. The van der Waals surface area contributed by atoms with E-state index in [-0.39, 0.29) is 17.7 Å². The van der Waals surface area contributed by atoms with Gasteiger partial charge in [-0.1, -0.05) is 42.8 Å². The average Bonchev–Trinajstić information content (AvgIpc) is 3.55. The summed E-state index contributed by atoms with van der Waals surface area (Å²) in [4.78, 5) is 27.0. The summed E-state index contributed by atoms with van der Waals surface area (Å²) in [7, 11) is 1.61. The molecule has 0 aliphatic heterocycles. The second kappa shape index (κ2) is 9.98. The molecule has 4 rings (SSSR count). The van der Waals surface area contributed by atoms with Gasteiger partial charge < -0.3 is 14.8 Å². The summed E-state index contributed by atoms with van der Waals surface area (Å²) >= 11 is 7.38. The second-order valence-electron chi connectivity index (χ2n) is 8.09. The van der Waals surface area contributed by atoms with Crippen LogP contribution < -0.4 is 10.1 Å². The largest absolute Gasteiger partial charge is 0.497 e. The third-order valence-electron chi connectivity index (χ3n) is 5.77. The van der Waals surface area contributed by atoms with Crippen LogP contribution in [0, 0.1) is 12.8 Å². The molecule has 1 heterocycles. The standard InChI is InChI=1S/C26H26ClNO4S/c1-4-13-32-26(30)23-22(17-7-11-19(31-3)12-8-17)15(2)33-25(23)28-24(29)21-14-20(21)16-5-9-18(27)10-6-16/h5-12,20-21H,4,13-14H2,1-3H3,(H,28,29)/t20-,21+/m1/s1. The molecule has 1 amide bonds. The molecule has 2 aromatic carbocycles. The van der Waals surface area contributed by atoms with Crippen LogP contribution >= 0.6 is 22.9 Å². The van der Waals surface area contributed by atoms with Gasteiger partial charge in [-0.25, -0.2) is 4.79 Å². The van der Waals surface area contributed by atoms with Gasteiger partial charge >= 0.3 is 5.97 Å². The van der Waals surface area contributed by atoms with Crippen LogP contribution in [0.5, 0.6) is 5.75 Å². The Bertz CT molecular complexity index is 1150. The highest BCUT2D eigenvalue weighted by Crippen LogP contribution is 2.49. The van der Waals surface area contributed by atoms with Crippen LogP contribution in [0.15, 0.2) is 48.5 Å². The number of carbonyl (C=O) groups excluding carboxylic acids is 2. The molecule has 0 saturated heterocycles. The van der Waals surface area contributed by atoms with Crippen LogP contribution in [0.4, 0.5) is 5.00 Å². The van der Waals surface area contributed by atoms with Crippen molar-refractivity contribution in [1.29, 1.82) is 0 Å². The first-order valence-electron chi connectivity index (χ1n) is 10.9. The molecule has 0 radical (unpaired) electrons. The Morgan fingerprint density at radius 2 is 1.82 bits per heavy atom. The number of ether oxygens (including phenoxy) is 2. The van der Waals surface area contributed by atoms with Crippen LogP contribution in [0.3, 0.4) is 0 Å². The van der Waals surface area contributed by atoms with E-state index in [1.807, 2.05) is 62.4 Å². The summed E-state index contributed by atoms with van der Waals surface area (Å²) in [5, 5.41) is 4.23. The number of halogens is 1. The molecule has 0 bridgehead atoms. The number of aryl methyl sites for hydroxylation is 1. The summed E-state index contributed by atoms with van der Waals surface area (Å²) in [6, 6.07) is 15.1. The van der Waals surface area contributed by atoms with E-state index in [9.17, 15) is 9.59 Å². The molecule has 0 spiro atoms. The van der Waals surface area contributed by atoms with Gasteiger partial charge in [0, 0.05) is 21.4 Å². The number of amides is 1. The maximum absolute atomic E-state index is 13.1. The van der Waals surface area contributed by atoms with Crippen LogP contribution in [0.25, 0.3) is 11.1 Å². The SMILES string of the molecule is CCCOC(=O)c1c(NC(=O)[C@H]2C[C@@H]2c2ccc(Cl)cc2)sc(C)c1-c1ccc(OC)cc1. The minimum Gasteiger partial charge on any atom is -0.497 e. The van der Waals surface area contributed by atoms with Crippen molar-refractivity contribution in [2.45, 2.75) is 32.6 Å². The third-order valence-corrected chi connectivity index (χ3v) is 7.04. The summed E-state index contributed by atoms with van der Waals surface area (Å²) in [6.45, 7) is 4.22. The summed E-state index contributed by atoms with van der Waals surface area (Å²) in [5.41, 5.74) is 3.17. The second-order valence-corrected chi connectivity index (χ2v) is 9.75. The lowest BCUT2D eigenvalue weighted by atomic mass is 10.0. The first-order chi connectivity index (χ1) is 15.9. The highest BCUT2D eigenvalue weighted by Gasteiger charge is 2.44. The molecule has 2 atom stereocenters. The van der Waals surface area contributed by atoms with E-state index in [1.54, 1.807) is 7.11 Å². The van der Waals surface area contributed by atoms with Gasteiger partial charge in [0.25, 0.3) is 0 Å². The van der Waals surface area contributed by atoms with Gasteiger partial charge in [0.15, 0.2) is 0 Å². The van der Waals surface area contributed by atoms with Gasteiger partial charge in [0.1, 0.15) is 16.3 Å². The van der Waals surface area contributed by atoms with Crippen LogP contribution in [0.1, 0.15) is 46.5 Å². The fourth-order valence-corrected chi connectivity index (χ4v) is 5.16. The van der Waals surface area contributed by atoms with Crippen molar-refractivity contribution in [1.82, 2.24) is 0 Å². The number of nitrogens with one attached hydrogen (secondary N) is 1. The lowest BCUT2D eigenvalue weighted by Gasteiger charge is -2.10. The summed E-state index contributed by atoms with van der Waals surface area (Å²) < 4.78 is 10.7. The maximum Gasteiger partial charge on any atom is 0.341 e. The van der Waals surface area contributed by atoms with Crippen molar-refractivity contribution < 1.29 is 19.1 Å². The molecule has 1 aliphatic carbocycles. The highest BCUT2D eigenvalue weighted by atomic mass is 35.5. The normalized spacial score (nSPS) is 16.8. The van der Waals surface area contributed by atoms with Gasteiger partial charge in [0.05, 0.1) is 13.7 Å². The maximum atomic E-state index is 13.1. The zero-order valence-corrected chi connectivity index (χ0v) is 20.4. The zero-order valence-electron chi connectivity index (χ0n) is 18.8. The number of hydrogen-bond donors (Lipinski definition) is 1. The van der Waals surface area contributed by atoms with Crippen molar-refractivity contribution in [2.24, 2.45) is 5.92 Å². The van der Waals surface area contributed by atoms with E-state index in [4.69, 9.17) is 21.1 Å². The van der Waals surface area contributed by atoms with Crippen LogP contribution in [0.2, 0.25) is 5.02 Å². The molecule has 1 fully saturated rings. The minimum atomic E-state index is -0.424. The number of methoxy groups -OCH3 is 1. The third kappa shape index (κ3) is 5.07. The number of carbonyl (C=O) groups is 2. The molecule has 33 heavy (non-hydrogen) atoms. The molecule has 1 saturated carbocycles. The lowest BCUT2D eigenvalue weighted by Crippen LogP contribution is -2.17. The minimum absolute atomic E-state index is 0.0815. The lowest BCUT2D eigenvalue weighted by molar-refractivity contribution is -0.117. The van der Waals surface area contributed by atoms with Crippen molar-refractivity contribution in [3.63, 3.8) is 0 Å². The number of anilines is 1. The van der Waals surface area contributed by atoms with E-state index in [1.165, 1.54) is 11.3 Å². The molecule has 1 aliphatic rings. The van der Waals surface area contributed by atoms with Crippen molar-refractivity contribution in [3.8, 4) is 16.9 Å². The Morgan fingerprint density at radius 3 is 2.45 bits per heavy atom. The number of hydrogen-bond acceptors (Lipinski definition) is 5. The van der Waals surface area contributed by atoms with Gasteiger partial charge in [-0.05, 0) is 61.1 Å². The Morgan fingerprint density at radius 1 is 1.12 bits per heavy atom. The first kappa shape index (κ1) is 23.3. The van der Waals surface area contributed by atoms with Gasteiger partial charge in [0.2, 0.25) is 5.91 Å². The molecule has 3 aromatic rings. The number of benzene rings is 2. The summed E-state index contributed by atoms with van der Waals surface area (Å²) in [6.07, 6.45) is 1.50. The molecule has 1 N–H and O–H groups in total. The van der Waals surface area contributed by atoms with Crippen LogP contribution in [-0.4, -0.2) is 25.6 Å². The Balaban J connectivity index is 1.61.